The van der Waals surface area contributed by atoms with Crippen LogP contribution in [0.4, 0.5) is 0 Å². The number of ether oxygens (including phenoxy) is 1. The van der Waals surface area contributed by atoms with E-state index in [1.165, 1.54) is 0 Å². The van der Waals surface area contributed by atoms with Crippen LogP contribution in [-0.4, -0.2) is 52.8 Å². The van der Waals surface area contributed by atoms with Gasteiger partial charge in [0.05, 0.1) is 17.9 Å². The Kier molecular flexibility index (Phi) is 4.26. The number of aryl methyl sites for hydroxylation is 1. The molecule has 3 heterocycles. The Labute approximate surface area is 125 Å². The molecule has 2 aliphatic heterocycles. The lowest BCUT2D eigenvalue weighted by Crippen LogP contribution is -2.49. The van der Waals surface area contributed by atoms with Crippen LogP contribution in [0.25, 0.3) is 0 Å². The van der Waals surface area contributed by atoms with E-state index in [-0.39, 0.29) is 18.1 Å². The second kappa shape index (κ2) is 6.15. The third-order valence-corrected chi connectivity index (χ3v) is 4.77. The summed E-state index contributed by atoms with van der Waals surface area (Å²) in [6.45, 7) is 4.26. The molecule has 2 unspecified atom stereocenters. The number of carbonyl (C=O) groups is 1. The third kappa shape index (κ3) is 2.96. The standard InChI is InChI=1S/C15H24N4O2/c1-10-12(9-17-18-10)15(20)19-6-4-11(5-7-19)14-13(16)3-2-8-21-14/h9,11,13-14H,2-8,16H2,1H3,(H,17,18). The lowest BCUT2D eigenvalue weighted by molar-refractivity contribution is -0.0480. The molecule has 0 bridgehead atoms. The van der Waals surface area contributed by atoms with Crippen molar-refractivity contribution in [1.82, 2.24) is 15.1 Å². The number of hydrogen-bond donors (Lipinski definition) is 2. The summed E-state index contributed by atoms with van der Waals surface area (Å²) in [5.74, 6) is 0.559. The van der Waals surface area contributed by atoms with Crippen molar-refractivity contribution in [3.05, 3.63) is 17.5 Å². The maximum atomic E-state index is 12.4. The SMILES string of the molecule is Cc1[nH]ncc1C(=O)N1CCC(C2OCCCC2N)CC1. The molecule has 6 nitrogen and oxygen atoms in total. The van der Waals surface area contributed by atoms with Gasteiger partial charge in [0.15, 0.2) is 0 Å². The van der Waals surface area contributed by atoms with Gasteiger partial charge >= 0.3 is 0 Å². The molecule has 0 aromatic carbocycles. The number of H-pyrrole nitrogens is 1. The average Bonchev–Trinajstić information content (AvgIpc) is 2.93. The highest BCUT2D eigenvalue weighted by atomic mass is 16.5. The number of piperidine rings is 1. The maximum absolute atomic E-state index is 12.4. The zero-order valence-corrected chi connectivity index (χ0v) is 12.5. The average molecular weight is 292 g/mol. The molecule has 0 radical (unpaired) electrons. The Hall–Kier alpha value is -1.40. The Morgan fingerprint density at radius 1 is 1.43 bits per heavy atom. The lowest BCUT2D eigenvalue weighted by Gasteiger charge is -2.40. The maximum Gasteiger partial charge on any atom is 0.257 e. The second-order valence-electron chi connectivity index (χ2n) is 6.18. The van der Waals surface area contributed by atoms with E-state index in [2.05, 4.69) is 10.2 Å². The Morgan fingerprint density at radius 3 is 2.81 bits per heavy atom. The number of nitrogens with one attached hydrogen (secondary N) is 1. The summed E-state index contributed by atoms with van der Waals surface area (Å²) in [6, 6.07) is 0.155. The summed E-state index contributed by atoms with van der Waals surface area (Å²) in [5, 5.41) is 6.75. The highest BCUT2D eigenvalue weighted by molar-refractivity contribution is 5.95. The fourth-order valence-corrected chi connectivity index (χ4v) is 3.48. The normalized spacial score (nSPS) is 27.8. The zero-order valence-electron chi connectivity index (χ0n) is 12.5. The molecule has 0 saturated carbocycles. The molecule has 1 amide bonds. The number of aromatic nitrogens is 2. The molecule has 21 heavy (non-hydrogen) atoms. The highest BCUT2D eigenvalue weighted by Crippen LogP contribution is 2.28. The van der Waals surface area contributed by atoms with E-state index >= 15 is 0 Å². The first-order valence-electron chi connectivity index (χ1n) is 7.83. The Balaban J connectivity index is 1.58. The van der Waals surface area contributed by atoms with Crippen LogP contribution in [0.2, 0.25) is 0 Å². The molecule has 2 atom stereocenters. The summed E-state index contributed by atoms with van der Waals surface area (Å²) in [7, 11) is 0. The fraction of sp³-hybridized carbons (Fsp3) is 0.733. The van der Waals surface area contributed by atoms with Crippen molar-refractivity contribution in [3.63, 3.8) is 0 Å². The topological polar surface area (TPSA) is 84.2 Å². The van der Waals surface area contributed by atoms with Crippen LogP contribution in [0.3, 0.4) is 0 Å². The van der Waals surface area contributed by atoms with Crippen molar-refractivity contribution in [2.24, 2.45) is 11.7 Å². The monoisotopic (exact) mass is 292 g/mol. The lowest BCUT2D eigenvalue weighted by atomic mass is 9.85. The number of hydrogen-bond acceptors (Lipinski definition) is 4. The van der Waals surface area contributed by atoms with E-state index in [0.717, 1.165) is 51.1 Å². The molecule has 3 rings (SSSR count). The van der Waals surface area contributed by atoms with Crippen molar-refractivity contribution < 1.29 is 9.53 Å². The van der Waals surface area contributed by atoms with Crippen LogP contribution in [-0.2, 0) is 4.74 Å². The van der Waals surface area contributed by atoms with Crippen LogP contribution in [0.1, 0.15) is 41.7 Å². The van der Waals surface area contributed by atoms with Crippen LogP contribution in [0, 0.1) is 12.8 Å². The van der Waals surface area contributed by atoms with Crippen molar-refractivity contribution in [3.8, 4) is 0 Å². The van der Waals surface area contributed by atoms with Crippen LogP contribution in [0.15, 0.2) is 6.20 Å². The molecule has 1 aromatic heterocycles. The van der Waals surface area contributed by atoms with Crippen LogP contribution < -0.4 is 5.73 Å². The number of rotatable bonds is 2. The summed E-state index contributed by atoms with van der Waals surface area (Å²) in [5.41, 5.74) is 7.70. The smallest absolute Gasteiger partial charge is 0.257 e. The van der Waals surface area contributed by atoms with E-state index in [4.69, 9.17) is 10.5 Å². The quantitative estimate of drug-likeness (QED) is 0.854. The van der Waals surface area contributed by atoms with Gasteiger partial charge in [-0.2, -0.15) is 5.10 Å². The van der Waals surface area contributed by atoms with Crippen LogP contribution in [0.5, 0.6) is 0 Å². The van der Waals surface area contributed by atoms with Gasteiger partial charge in [0.1, 0.15) is 0 Å². The van der Waals surface area contributed by atoms with E-state index in [0.29, 0.717) is 11.5 Å². The minimum atomic E-state index is 0.0774. The van der Waals surface area contributed by atoms with Gasteiger partial charge in [0.25, 0.3) is 5.91 Å². The molecule has 116 valence electrons. The first-order valence-corrected chi connectivity index (χ1v) is 7.83. The molecule has 6 heteroatoms. The fourth-order valence-electron chi connectivity index (χ4n) is 3.48. The third-order valence-electron chi connectivity index (χ3n) is 4.77. The summed E-state index contributed by atoms with van der Waals surface area (Å²) < 4.78 is 5.87. The predicted octanol–water partition coefficient (Wildman–Crippen LogP) is 1.08. The van der Waals surface area contributed by atoms with E-state index < -0.39 is 0 Å². The van der Waals surface area contributed by atoms with Gasteiger partial charge in [-0.1, -0.05) is 0 Å². The van der Waals surface area contributed by atoms with Crippen molar-refractivity contribution >= 4 is 5.91 Å². The number of nitrogens with two attached hydrogens (primary N) is 1. The first-order chi connectivity index (χ1) is 10.2. The van der Waals surface area contributed by atoms with Gasteiger partial charge in [0, 0.05) is 31.4 Å². The molecular weight excluding hydrogens is 268 g/mol. The van der Waals surface area contributed by atoms with Crippen LogP contribution >= 0.6 is 0 Å². The summed E-state index contributed by atoms with van der Waals surface area (Å²) in [6.07, 6.45) is 5.85. The minimum Gasteiger partial charge on any atom is -0.376 e. The van der Waals surface area contributed by atoms with E-state index in [1.54, 1.807) is 6.20 Å². The molecule has 1 aromatic rings. The number of amides is 1. The molecular formula is C15H24N4O2. The summed E-state index contributed by atoms with van der Waals surface area (Å²) >= 11 is 0. The molecule has 2 saturated heterocycles. The molecule has 2 aliphatic rings. The van der Waals surface area contributed by atoms with E-state index in [9.17, 15) is 4.79 Å². The largest absolute Gasteiger partial charge is 0.376 e. The van der Waals surface area contributed by atoms with Gasteiger partial charge in [0.2, 0.25) is 0 Å². The number of carbonyl (C=O) groups excluding carboxylic acids is 1. The van der Waals surface area contributed by atoms with Gasteiger partial charge in [-0.05, 0) is 38.5 Å². The first kappa shape index (κ1) is 14.5. The van der Waals surface area contributed by atoms with Gasteiger partial charge < -0.3 is 15.4 Å². The highest BCUT2D eigenvalue weighted by Gasteiger charge is 2.34. The Morgan fingerprint density at radius 2 is 2.19 bits per heavy atom. The Bertz CT molecular complexity index is 494. The molecule has 0 aliphatic carbocycles. The van der Waals surface area contributed by atoms with Crippen molar-refractivity contribution in [1.29, 1.82) is 0 Å². The minimum absolute atomic E-state index is 0.0774. The van der Waals surface area contributed by atoms with Gasteiger partial charge in [-0.15, -0.1) is 0 Å². The second-order valence-corrected chi connectivity index (χ2v) is 6.18. The van der Waals surface area contributed by atoms with Gasteiger partial charge in [-0.3, -0.25) is 9.89 Å². The van der Waals surface area contributed by atoms with Crippen molar-refractivity contribution in [2.45, 2.75) is 44.8 Å². The molecule has 0 spiro atoms. The van der Waals surface area contributed by atoms with E-state index in [1.807, 2.05) is 11.8 Å². The van der Waals surface area contributed by atoms with Crippen molar-refractivity contribution in [2.75, 3.05) is 19.7 Å². The predicted molar refractivity (Wildman–Crippen MR) is 78.9 cm³/mol. The molecule has 2 fully saturated rings. The molecule has 3 N–H and O–H groups in total. The summed E-state index contributed by atoms with van der Waals surface area (Å²) in [4.78, 5) is 14.4. The number of aromatic amines is 1. The number of nitrogens with zero attached hydrogens (tertiary/aromatic N) is 2. The zero-order chi connectivity index (χ0) is 14.8. The number of likely N-dealkylation sites (tertiary alicyclic amines) is 1. The van der Waals surface area contributed by atoms with Gasteiger partial charge in [-0.25, -0.2) is 0 Å².